The van der Waals surface area contributed by atoms with E-state index in [2.05, 4.69) is 123 Å². The topological polar surface area (TPSA) is 119 Å². The van der Waals surface area contributed by atoms with E-state index in [4.69, 9.17) is 9.59 Å². The fourth-order valence-corrected chi connectivity index (χ4v) is 19.3. The van der Waals surface area contributed by atoms with Gasteiger partial charge in [-0.3, -0.25) is 0 Å². The Morgan fingerprint density at radius 2 is 0.942 bits per heavy atom. The summed E-state index contributed by atoms with van der Waals surface area (Å²) >= 11 is 7.79. The predicted octanol–water partition coefficient (Wildman–Crippen LogP) is 12.5. The number of rotatable bonds is 6. The van der Waals surface area contributed by atoms with Crippen LogP contribution in [0.25, 0.3) is 0 Å². The summed E-state index contributed by atoms with van der Waals surface area (Å²) in [5.41, 5.74) is 6.42. The highest BCUT2D eigenvalue weighted by Crippen LogP contribution is 2.61. The zero-order valence-electron chi connectivity index (χ0n) is 42.2. The normalized spacial score (nSPS) is 34.8. The van der Waals surface area contributed by atoms with Crippen LogP contribution in [0.2, 0.25) is 0 Å². The van der Waals surface area contributed by atoms with Crippen LogP contribution in [0, 0.1) is 58.2 Å². The number of urea groups is 2. The minimum Gasteiger partial charge on any atom is -0.396 e. The number of aliphatic hydroxyl groups excluding tert-OH is 1. The van der Waals surface area contributed by atoms with Crippen molar-refractivity contribution < 1.29 is 24.3 Å². The Labute approximate surface area is 429 Å². The van der Waals surface area contributed by atoms with E-state index in [1.807, 2.05) is 0 Å². The number of halogens is 2. The molecule has 8 bridgehead atoms. The highest BCUT2D eigenvalue weighted by Gasteiger charge is 2.54. The first-order valence-corrected chi connectivity index (χ1v) is 28.9. The van der Waals surface area contributed by atoms with Crippen molar-refractivity contribution >= 4 is 50.1 Å². The van der Waals surface area contributed by atoms with Crippen LogP contribution in [0.3, 0.4) is 0 Å². The van der Waals surface area contributed by atoms with Crippen molar-refractivity contribution in [3.8, 4) is 0 Å². The lowest BCUT2D eigenvalue weighted by molar-refractivity contribution is -0.191. The van der Waals surface area contributed by atoms with Crippen LogP contribution in [0.15, 0.2) is 45.3 Å². The molecule has 14 rings (SSSR count). The van der Waals surface area contributed by atoms with Gasteiger partial charge in [0.25, 0.3) is 0 Å². The molecule has 10 fully saturated rings. The third kappa shape index (κ3) is 9.12. The first-order chi connectivity index (χ1) is 33.0. The van der Waals surface area contributed by atoms with Crippen molar-refractivity contribution in [1.29, 1.82) is 0 Å². The quantitative estimate of drug-likeness (QED) is 0.266. The second-order valence-electron chi connectivity index (χ2n) is 25.8. The third-order valence-electron chi connectivity index (χ3n) is 21.3. The molecule has 2 unspecified atom stereocenters. The van der Waals surface area contributed by atoms with Gasteiger partial charge in [0.05, 0.1) is 0 Å². The van der Waals surface area contributed by atoms with Crippen molar-refractivity contribution in [2.45, 2.75) is 179 Å². The largest absolute Gasteiger partial charge is 0.396 e. The molecular weight excluding hydrogens is 992 g/mol. The molecule has 2 heterocycles. The summed E-state index contributed by atoms with van der Waals surface area (Å²) < 4.78 is 2.48. The number of fused-ring (bicyclic) bond motifs is 4. The van der Waals surface area contributed by atoms with Crippen LogP contribution in [-0.2, 0) is 20.4 Å². The maximum Gasteiger partial charge on any atom is 0.373 e. The highest BCUT2D eigenvalue weighted by molar-refractivity contribution is 9.10. The predicted molar refractivity (Wildman–Crippen MR) is 277 cm³/mol. The van der Waals surface area contributed by atoms with E-state index in [-0.39, 0.29) is 41.1 Å². The average molecular weight is 1070 g/mol. The van der Waals surface area contributed by atoms with Crippen LogP contribution in [0.1, 0.15) is 178 Å². The Morgan fingerprint density at radius 3 is 1.26 bits per heavy atom. The first-order valence-electron chi connectivity index (χ1n) is 27.3. The second kappa shape index (κ2) is 19.3. The van der Waals surface area contributed by atoms with Crippen molar-refractivity contribution in [3.63, 3.8) is 0 Å². The molecule has 12 aliphatic rings. The number of amides is 4. The van der Waals surface area contributed by atoms with Gasteiger partial charge in [-0.1, -0.05) is 97.2 Å². The van der Waals surface area contributed by atoms with Gasteiger partial charge in [-0.05, 0) is 207 Å². The molecule has 376 valence electrons. The Kier molecular flexibility index (Phi) is 13.9. The van der Waals surface area contributed by atoms with E-state index in [1.165, 1.54) is 97.1 Å². The number of benzene rings is 2. The smallest absolute Gasteiger partial charge is 0.373 e. The Bertz CT molecular complexity index is 2070. The molecule has 2 aromatic carbocycles. The van der Waals surface area contributed by atoms with Gasteiger partial charge in [-0.25, -0.2) is 9.59 Å². The van der Waals surface area contributed by atoms with Crippen molar-refractivity contribution in [2.24, 2.45) is 58.2 Å². The van der Waals surface area contributed by atoms with E-state index < -0.39 is 0 Å². The zero-order valence-corrected chi connectivity index (χ0v) is 45.4. The number of carbonyl (C=O) groups excluding carboxylic acids is 4. The maximum absolute atomic E-state index is 13.4. The summed E-state index contributed by atoms with van der Waals surface area (Å²) in [7, 11) is 0. The number of likely N-dealkylation sites (tertiary alicyclic amines) is 2. The Hall–Kier alpha value is -2.72. The lowest BCUT2D eigenvalue weighted by atomic mass is 9.54. The minimum absolute atomic E-state index is 0.103. The molecular formula is C58H80Br2N4O5. The fraction of sp³-hybridized carbons (Fsp3) is 0.741. The number of hydrogen-bond acceptors (Lipinski definition) is 5. The first kappa shape index (κ1) is 49.8. The SMILES string of the molecule is CC(C)(CO)C1CC2(CCN(C(=O)NC3C4CC5CC(C4)CC3C5)CC2)c2c(Br)cccc21.CCC(C)(C)C1CC2(CCN(C(=O)NC3C4CC5CC(C4)CC3C5)CC2)c2c(Br)cccc21.O=C=O. The molecule has 2 saturated heterocycles. The monoisotopic (exact) mass is 1070 g/mol. The average Bonchev–Trinajstić information content (AvgIpc) is 3.84. The van der Waals surface area contributed by atoms with Crippen molar-refractivity contribution in [1.82, 2.24) is 20.4 Å². The number of aliphatic hydroxyl groups is 1. The number of carbonyl (C=O) groups is 2. The summed E-state index contributed by atoms with van der Waals surface area (Å²) in [4.78, 5) is 47.2. The lowest BCUT2D eigenvalue weighted by Crippen LogP contribution is -2.59. The molecule has 0 aromatic heterocycles. The number of hydrogen-bond donors (Lipinski definition) is 3. The molecule has 2 atom stereocenters. The molecule has 2 spiro atoms. The number of nitrogens with zero attached hydrogens (tertiary/aromatic N) is 2. The molecule has 4 amide bonds. The maximum atomic E-state index is 13.4. The van der Waals surface area contributed by atoms with Gasteiger partial charge in [0.2, 0.25) is 0 Å². The van der Waals surface area contributed by atoms with Gasteiger partial charge in [0.15, 0.2) is 0 Å². The van der Waals surface area contributed by atoms with E-state index in [9.17, 15) is 14.7 Å². The van der Waals surface area contributed by atoms with Gasteiger partial charge >= 0.3 is 18.2 Å². The molecule has 3 N–H and O–H groups in total. The summed E-state index contributed by atoms with van der Waals surface area (Å²) in [5, 5.41) is 17.2. The highest BCUT2D eigenvalue weighted by atomic mass is 79.9. The summed E-state index contributed by atoms with van der Waals surface area (Å²) in [6.07, 6.45) is 21.7. The molecule has 2 aliphatic heterocycles. The third-order valence-corrected chi connectivity index (χ3v) is 22.7. The van der Waals surface area contributed by atoms with Crippen LogP contribution < -0.4 is 10.6 Å². The summed E-state index contributed by atoms with van der Waals surface area (Å²) in [6, 6.07) is 14.6. The molecule has 9 nitrogen and oxygen atoms in total. The summed E-state index contributed by atoms with van der Waals surface area (Å²) in [5.74, 6) is 7.67. The van der Waals surface area contributed by atoms with E-state index in [0.29, 0.717) is 29.3 Å². The lowest BCUT2D eigenvalue weighted by Gasteiger charge is -2.54. The van der Waals surface area contributed by atoms with Gasteiger partial charge in [-0.2, -0.15) is 9.59 Å². The van der Waals surface area contributed by atoms with E-state index in [1.54, 1.807) is 11.1 Å². The fourth-order valence-electron chi connectivity index (χ4n) is 17.7. The molecule has 2 aromatic rings. The second-order valence-corrected chi connectivity index (χ2v) is 27.5. The van der Waals surface area contributed by atoms with Gasteiger partial charge in [0, 0.05) is 64.6 Å². The van der Waals surface area contributed by atoms with Gasteiger partial charge in [0.1, 0.15) is 0 Å². The molecule has 11 heteroatoms. The Morgan fingerprint density at radius 1 is 0.609 bits per heavy atom. The van der Waals surface area contributed by atoms with E-state index in [0.717, 1.165) is 106 Å². The molecule has 8 saturated carbocycles. The van der Waals surface area contributed by atoms with Crippen LogP contribution in [0.5, 0.6) is 0 Å². The van der Waals surface area contributed by atoms with Crippen LogP contribution >= 0.6 is 31.9 Å². The van der Waals surface area contributed by atoms with Crippen molar-refractivity contribution in [2.75, 3.05) is 32.8 Å². The molecule has 69 heavy (non-hydrogen) atoms. The molecule has 0 radical (unpaired) electrons. The zero-order chi connectivity index (χ0) is 48.6. The summed E-state index contributed by atoms with van der Waals surface area (Å²) in [6.45, 7) is 15.2. The number of piperidine rings is 2. The van der Waals surface area contributed by atoms with E-state index >= 15 is 0 Å². The number of nitrogens with one attached hydrogen (secondary N) is 2. The van der Waals surface area contributed by atoms with Crippen molar-refractivity contribution in [3.05, 3.63) is 67.6 Å². The Balaban J connectivity index is 0.000000152. The van der Waals surface area contributed by atoms with Gasteiger partial charge in [-0.15, -0.1) is 0 Å². The standard InChI is InChI=1S/C29H41BrN2O.C28H39BrN2O2.CO2/c1-4-28(2,3)23-17-29(25-22(23)6-5-7-24(25)30)8-10-32(11-9-29)27(33)31-26-20-13-18-12-19(15-20)16-21(26)14-18;1-27(2,16-32)22-15-28(24-21(22)4-3-5-23(24)29)6-8-31(9-7-28)26(33)30-25-19-11-17-10-18(13-19)14-20(25)12-17;2-1-3/h5-7,18-21,23,26H,4,8-17H2,1-3H3,(H,31,33);3-5,17-20,22,25,32H,6-16H2,1-2H3,(H,30,33);. The minimum atomic E-state index is -0.146. The van der Waals surface area contributed by atoms with Crippen LogP contribution in [-0.4, -0.2) is 78.0 Å². The molecule has 10 aliphatic carbocycles. The van der Waals surface area contributed by atoms with Crippen LogP contribution in [0.4, 0.5) is 9.59 Å². The van der Waals surface area contributed by atoms with Gasteiger partial charge < -0.3 is 25.5 Å².